The Kier molecular flexibility index (Phi) is 2.30. The summed E-state index contributed by atoms with van der Waals surface area (Å²) in [6, 6.07) is 0. The molecule has 2 heterocycles. The number of hydrogen-bond donors (Lipinski definition) is 1. The molecule has 0 aromatic carbocycles. The zero-order chi connectivity index (χ0) is 12.2. The van der Waals surface area contributed by atoms with E-state index in [0.717, 1.165) is 24.2 Å². The van der Waals surface area contributed by atoms with Gasteiger partial charge in [-0.2, -0.15) is 0 Å². The van der Waals surface area contributed by atoms with E-state index in [1.807, 2.05) is 4.90 Å². The van der Waals surface area contributed by atoms with Gasteiger partial charge in [0.1, 0.15) is 11.8 Å². The number of carbonyl (C=O) groups is 1. The van der Waals surface area contributed by atoms with Crippen molar-refractivity contribution in [2.24, 2.45) is 11.3 Å². The van der Waals surface area contributed by atoms with Gasteiger partial charge in [0.05, 0.1) is 13.1 Å². The van der Waals surface area contributed by atoms with E-state index < -0.39 is 0 Å². The molecule has 0 radical (unpaired) electrons. The zero-order valence-electron chi connectivity index (χ0n) is 11.2. The van der Waals surface area contributed by atoms with Crippen molar-refractivity contribution in [2.45, 2.75) is 56.9 Å². The molecule has 4 atom stereocenters. The summed E-state index contributed by atoms with van der Waals surface area (Å²) in [6.07, 6.45) is 14.3. The molecular weight excluding hydrogens is 222 g/mol. The highest BCUT2D eigenvalue weighted by molar-refractivity contribution is 5.73. The van der Waals surface area contributed by atoms with Gasteiger partial charge in [0, 0.05) is 24.7 Å². The molecule has 1 unspecified atom stereocenters. The van der Waals surface area contributed by atoms with Crippen molar-refractivity contribution in [2.75, 3.05) is 13.1 Å². The minimum atomic E-state index is 0.573. The molecule has 18 heavy (non-hydrogen) atoms. The van der Waals surface area contributed by atoms with Crippen LogP contribution >= 0.6 is 0 Å². The minimum absolute atomic E-state index is 0.573. The van der Waals surface area contributed by atoms with Crippen LogP contribution in [0.5, 0.6) is 0 Å². The second-order valence-electron chi connectivity index (χ2n) is 7.09. The van der Waals surface area contributed by atoms with Gasteiger partial charge in [-0.15, -0.1) is 0 Å². The largest absolute Gasteiger partial charge is 0.330 e. The lowest BCUT2D eigenvalue weighted by atomic mass is 9.57. The van der Waals surface area contributed by atoms with Gasteiger partial charge < -0.3 is 4.90 Å². The van der Waals surface area contributed by atoms with E-state index in [4.69, 9.17) is 0 Å². The quantitative estimate of drug-likeness (QED) is 0.696. The van der Waals surface area contributed by atoms with Crippen LogP contribution in [0.2, 0.25) is 0 Å². The molecule has 0 amide bonds. The van der Waals surface area contributed by atoms with Gasteiger partial charge in [0.2, 0.25) is 0 Å². The van der Waals surface area contributed by atoms with E-state index >= 15 is 0 Å². The van der Waals surface area contributed by atoms with Gasteiger partial charge in [-0.25, -0.2) is 0 Å². The second-order valence-corrected chi connectivity index (χ2v) is 7.09. The van der Waals surface area contributed by atoms with Crippen molar-refractivity contribution >= 4 is 6.29 Å². The fourth-order valence-corrected chi connectivity index (χ4v) is 6.22. The first-order valence-corrected chi connectivity index (χ1v) is 7.80. The summed E-state index contributed by atoms with van der Waals surface area (Å²) in [5.74, 6) is 0.816. The molecule has 4 aliphatic rings. The van der Waals surface area contributed by atoms with Crippen LogP contribution in [0.1, 0.15) is 51.4 Å². The number of piperidine rings is 1. The number of hydrogen-bond acceptors (Lipinski definition) is 1. The molecule has 2 aliphatic heterocycles. The van der Waals surface area contributed by atoms with E-state index in [0.29, 0.717) is 11.0 Å². The SMILES string of the molecule is O=CC1=CC[C@]23CCC[NH+]4CCC[C@@]42CC[C@@H]3C1. The first kappa shape index (κ1) is 11.2. The lowest BCUT2D eigenvalue weighted by molar-refractivity contribution is -0.953. The number of quaternary nitrogens is 1. The molecule has 0 bridgehead atoms. The summed E-state index contributed by atoms with van der Waals surface area (Å²) in [4.78, 5) is 13.0. The normalized spacial score (nSPS) is 50.1. The van der Waals surface area contributed by atoms with E-state index in [9.17, 15) is 4.79 Å². The molecule has 2 saturated heterocycles. The number of aldehydes is 1. The molecule has 0 aromatic heterocycles. The Balaban J connectivity index is 1.78. The lowest BCUT2D eigenvalue weighted by Gasteiger charge is -2.53. The summed E-state index contributed by atoms with van der Waals surface area (Å²) >= 11 is 0. The van der Waals surface area contributed by atoms with Gasteiger partial charge in [-0.1, -0.05) is 6.08 Å². The Morgan fingerprint density at radius 1 is 1.22 bits per heavy atom. The highest BCUT2D eigenvalue weighted by atomic mass is 16.1. The molecule has 3 fully saturated rings. The van der Waals surface area contributed by atoms with Gasteiger partial charge in [-0.05, 0) is 43.6 Å². The summed E-state index contributed by atoms with van der Waals surface area (Å²) in [7, 11) is 0. The third-order valence-corrected chi connectivity index (χ3v) is 6.88. The molecule has 1 N–H and O–H groups in total. The maximum atomic E-state index is 11.1. The Morgan fingerprint density at radius 2 is 2.06 bits per heavy atom. The van der Waals surface area contributed by atoms with Gasteiger partial charge in [0.15, 0.2) is 0 Å². The van der Waals surface area contributed by atoms with Crippen LogP contribution in [-0.4, -0.2) is 24.9 Å². The van der Waals surface area contributed by atoms with Crippen LogP contribution in [0.4, 0.5) is 0 Å². The van der Waals surface area contributed by atoms with E-state index in [2.05, 4.69) is 6.08 Å². The molecule has 0 aromatic rings. The van der Waals surface area contributed by atoms with Crippen LogP contribution in [0, 0.1) is 11.3 Å². The summed E-state index contributed by atoms with van der Waals surface area (Å²) in [5, 5.41) is 0. The van der Waals surface area contributed by atoms with Gasteiger partial charge in [-0.3, -0.25) is 4.79 Å². The number of rotatable bonds is 1. The summed E-state index contributed by atoms with van der Waals surface area (Å²) in [5.41, 5.74) is 2.28. The Hall–Kier alpha value is -0.630. The van der Waals surface area contributed by atoms with Crippen molar-refractivity contribution < 1.29 is 9.69 Å². The third-order valence-electron chi connectivity index (χ3n) is 6.88. The Bertz CT molecular complexity index is 415. The average Bonchev–Trinajstić information content (AvgIpc) is 2.96. The third kappa shape index (κ3) is 1.16. The van der Waals surface area contributed by atoms with Crippen molar-refractivity contribution in [1.29, 1.82) is 0 Å². The van der Waals surface area contributed by atoms with Gasteiger partial charge in [0.25, 0.3) is 0 Å². The predicted molar refractivity (Wildman–Crippen MR) is 70.4 cm³/mol. The lowest BCUT2D eigenvalue weighted by Crippen LogP contribution is -3.20. The van der Waals surface area contributed by atoms with Crippen molar-refractivity contribution in [3.63, 3.8) is 0 Å². The zero-order valence-corrected chi connectivity index (χ0v) is 11.2. The predicted octanol–water partition coefficient (Wildman–Crippen LogP) is 1.51. The van der Waals surface area contributed by atoms with E-state index in [1.165, 1.54) is 58.0 Å². The molecule has 2 heteroatoms. The fraction of sp³-hybridized carbons (Fsp3) is 0.812. The summed E-state index contributed by atoms with van der Waals surface area (Å²) < 4.78 is 0. The van der Waals surface area contributed by atoms with Crippen LogP contribution in [0.25, 0.3) is 0 Å². The van der Waals surface area contributed by atoms with Crippen molar-refractivity contribution in [1.82, 2.24) is 0 Å². The van der Waals surface area contributed by atoms with Crippen LogP contribution in [0.15, 0.2) is 11.6 Å². The molecule has 4 rings (SSSR count). The smallest absolute Gasteiger partial charge is 0.145 e. The Morgan fingerprint density at radius 3 is 2.89 bits per heavy atom. The number of allylic oxidation sites excluding steroid dienone is 2. The monoisotopic (exact) mass is 246 g/mol. The maximum Gasteiger partial charge on any atom is 0.145 e. The molecule has 2 spiro atoms. The van der Waals surface area contributed by atoms with Crippen LogP contribution < -0.4 is 4.90 Å². The average molecular weight is 246 g/mol. The van der Waals surface area contributed by atoms with Gasteiger partial charge >= 0.3 is 0 Å². The Labute approximate surface area is 109 Å². The summed E-state index contributed by atoms with van der Waals surface area (Å²) in [6.45, 7) is 2.83. The molecule has 2 nitrogen and oxygen atoms in total. The van der Waals surface area contributed by atoms with Crippen molar-refractivity contribution in [3.8, 4) is 0 Å². The molecular formula is C16H24NO+. The highest BCUT2D eigenvalue weighted by Gasteiger charge is 2.67. The van der Waals surface area contributed by atoms with Crippen molar-refractivity contribution in [3.05, 3.63) is 11.6 Å². The van der Waals surface area contributed by atoms with Crippen LogP contribution in [-0.2, 0) is 4.79 Å². The standard InChI is InChI=1S/C16H23NO/c18-12-13-3-7-15-5-1-9-17-10-2-6-16(15,17)8-4-14(15)11-13/h3,12,14H,1-2,4-11H2/p+1/t14-,15+,16+/m1/s1. The first-order chi connectivity index (χ1) is 8.81. The van der Waals surface area contributed by atoms with E-state index in [1.54, 1.807) is 0 Å². The number of nitrogens with one attached hydrogen (secondary N) is 1. The second kappa shape index (κ2) is 3.69. The highest BCUT2D eigenvalue weighted by Crippen LogP contribution is 2.61. The topological polar surface area (TPSA) is 21.5 Å². The maximum absolute atomic E-state index is 11.1. The van der Waals surface area contributed by atoms with E-state index in [-0.39, 0.29) is 0 Å². The minimum Gasteiger partial charge on any atom is -0.330 e. The molecule has 98 valence electrons. The fourth-order valence-electron chi connectivity index (χ4n) is 6.22. The number of carbonyl (C=O) groups excluding carboxylic acids is 1. The first-order valence-electron chi connectivity index (χ1n) is 7.80. The molecule has 1 saturated carbocycles. The van der Waals surface area contributed by atoms with Crippen LogP contribution in [0.3, 0.4) is 0 Å². The molecule has 2 aliphatic carbocycles.